The van der Waals surface area contributed by atoms with Crippen LogP contribution in [0, 0.1) is 12.8 Å². The SMILES string of the molecule is Cc1cccc(N)c1OCCCC(C)C. The number of anilines is 1. The van der Waals surface area contributed by atoms with Crippen molar-refractivity contribution >= 4 is 5.69 Å². The molecule has 0 atom stereocenters. The van der Waals surface area contributed by atoms with Gasteiger partial charge in [0.15, 0.2) is 0 Å². The van der Waals surface area contributed by atoms with Crippen LogP contribution in [0.15, 0.2) is 18.2 Å². The van der Waals surface area contributed by atoms with E-state index in [1.165, 1.54) is 6.42 Å². The maximum Gasteiger partial charge on any atom is 0.145 e. The second-order valence-corrected chi connectivity index (χ2v) is 4.38. The van der Waals surface area contributed by atoms with Gasteiger partial charge in [0.1, 0.15) is 5.75 Å². The van der Waals surface area contributed by atoms with E-state index in [0.717, 1.165) is 35.9 Å². The Balaban J connectivity index is 2.43. The second-order valence-electron chi connectivity index (χ2n) is 4.38. The second kappa shape index (κ2) is 5.64. The highest BCUT2D eigenvalue weighted by Crippen LogP contribution is 2.25. The molecule has 2 N–H and O–H groups in total. The first-order chi connectivity index (χ1) is 7.11. The van der Waals surface area contributed by atoms with E-state index in [1.807, 2.05) is 25.1 Å². The molecule has 2 heteroatoms. The van der Waals surface area contributed by atoms with E-state index in [9.17, 15) is 0 Å². The average Bonchev–Trinajstić information content (AvgIpc) is 2.15. The van der Waals surface area contributed by atoms with Crippen LogP contribution >= 0.6 is 0 Å². The Kier molecular flexibility index (Phi) is 4.47. The molecule has 15 heavy (non-hydrogen) atoms. The van der Waals surface area contributed by atoms with Crippen LogP contribution in [0.2, 0.25) is 0 Å². The number of aryl methyl sites for hydroxylation is 1. The molecular formula is C13H21NO. The number of nitrogens with two attached hydrogens (primary N) is 1. The maximum absolute atomic E-state index is 5.84. The first-order valence-electron chi connectivity index (χ1n) is 5.59. The largest absolute Gasteiger partial charge is 0.491 e. The fraction of sp³-hybridized carbons (Fsp3) is 0.538. The van der Waals surface area contributed by atoms with Gasteiger partial charge in [0.2, 0.25) is 0 Å². The van der Waals surface area contributed by atoms with Crippen molar-refractivity contribution in [1.82, 2.24) is 0 Å². The highest BCUT2D eigenvalue weighted by atomic mass is 16.5. The molecule has 0 unspecified atom stereocenters. The summed E-state index contributed by atoms with van der Waals surface area (Å²) < 4.78 is 5.69. The van der Waals surface area contributed by atoms with E-state index in [1.54, 1.807) is 0 Å². The van der Waals surface area contributed by atoms with Crippen molar-refractivity contribution in [2.45, 2.75) is 33.6 Å². The molecule has 0 aliphatic heterocycles. The molecule has 0 saturated carbocycles. The van der Waals surface area contributed by atoms with Crippen molar-refractivity contribution in [3.63, 3.8) is 0 Å². The lowest BCUT2D eigenvalue weighted by molar-refractivity contribution is 0.297. The zero-order valence-electron chi connectivity index (χ0n) is 9.92. The molecule has 1 aromatic carbocycles. The van der Waals surface area contributed by atoms with Crippen LogP contribution in [0.3, 0.4) is 0 Å². The van der Waals surface area contributed by atoms with Gasteiger partial charge < -0.3 is 10.5 Å². The van der Waals surface area contributed by atoms with Gasteiger partial charge in [-0.3, -0.25) is 0 Å². The summed E-state index contributed by atoms with van der Waals surface area (Å²) in [4.78, 5) is 0. The van der Waals surface area contributed by atoms with Gasteiger partial charge in [-0.15, -0.1) is 0 Å². The molecule has 0 bridgehead atoms. The Morgan fingerprint density at radius 1 is 1.33 bits per heavy atom. The van der Waals surface area contributed by atoms with E-state index in [0.29, 0.717) is 0 Å². The summed E-state index contributed by atoms with van der Waals surface area (Å²) in [7, 11) is 0. The van der Waals surface area contributed by atoms with Gasteiger partial charge in [-0.05, 0) is 37.3 Å². The molecule has 0 aliphatic carbocycles. The number of rotatable bonds is 5. The molecule has 0 saturated heterocycles. The third kappa shape index (κ3) is 3.82. The molecule has 1 rings (SSSR count). The minimum absolute atomic E-state index is 0.736. The standard InChI is InChI=1S/C13H21NO/c1-10(2)6-5-9-15-13-11(3)7-4-8-12(13)14/h4,7-8,10H,5-6,9,14H2,1-3H3. The molecule has 2 nitrogen and oxygen atoms in total. The molecule has 0 fully saturated rings. The predicted octanol–water partition coefficient (Wildman–Crippen LogP) is 3.39. The lowest BCUT2D eigenvalue weighted by atomic mass is 10.1. The van der Waals surface area contributed by atoms with Gasteiger partial charge in [-0.25, -0.2) is 0 Å². The van der Waals surface area contributed by atoms with Gasteiger partial charge in [0, 0.05) is 0 Å². The van der Waals surface area contributed by atoms with Gasteiger partial charge in [-0.1, -0.05) is 26.0 Å². The van der Waals surface area contributed by atoms with Gasteiger partial charge in [0.05, 0.1) is 12.3 Å². The monoisotopic (exact) mass is 207 g/mol. The molecule has 0 radical (unpaired) electrons. The Bertz CT molecular complexity index is 287. The Labute approximate surface area is 92.4 Å². The highest BCUT2D eigenvalue weighted by molar-refractivity contribution is 5.56. The minimum Gasteiger partial charge on any atom is -0.491 e. The number of hydrogen-bond donors (Lipinski definition) is 1. The Morgan fingerprint density at radius 2 is 2.07 bits per heavy atom. The molecule has 84 valence electrons. The molecule has 0 heterocycles. The summed E-state index contributed by atoms with van der Waals surface area (Å²) in [5, 5.41) is 0. The molecule has 0 aromatic heterocycles. The maximum atomic E-state index is 5.84. The lowest BCUT2D eigenvalue weighted by Gasteiger charge is -2.12. The normalized spacial score (nSPS) is 10.7. The van der Waals surface area contributed by atoms with Crippen LogP contribution < -0.4 is 10.5 Å². The fourth-order valence-electron chi connectivity index (χ4n) is 1.54. The zero-order chi connectivity index (χ0) is 11.3. The third-order valence-electron chi connectivity index (χ3n) is 2.41. The van der Waals surface area contributed by atoms with E-state index < -0.39 is 0 Å². The summed E-state index contributed by atoms with van der Waals surface area (Å²) in [6.07, 6.45) is 2.29. The fourth-order valence-corrected chi connectivity index (χ4v) is 1.54. The van der Waals surface area contributed by atoms with Crippen LogP contribution in [-0.4, -0.2) is 6.61 Å². The van der Waals surface area contributed by atoms with E-state index in [4.69, 9.17) is 10.5 Å². The van der Waals surface area contributed by atoms with E-state index >= 15 is 0 Å². The van der Waals surface area contributed by atoms with E-state index in [-0.39, 0.29) is 0 Å². The summed E-state index contributed by atoms with van der Waals surface area (Å²) in [6.45, 7) is 7.23. The van der Waals surface area contributed by atoms with Crippen molar-refractivity contribution in [3.05, 3.63) is 23.8 Å². The van der Waals surface area contributed by atoms with Crippen molar-refractivity contribution in [1.29, 1.82) is 0 Å². The third-order valence-corrected chi connectivity index (χ3v) is 2.41. The number of nitrogen functional groups attached to an aromatic ring is 1. The molecule has 0 amide bonds. The first-order valence-corrected chi connectivity index (χ1v) is 5.59. The minimum atomic E-state index is 0.736. The summed E-state index contributed by atoms with van der Waals surface area (Å²) in [5.41, 5.74) is 7.68. The smallest absolute Gasteiger partial charge is 0.145 e. The topological polar surface area (TPSA) is 35.2 Å². The van der Waals surface area contributed by atoms with Gasteiger partial charge in [-0.2, -0.15) is 0 Å². The highest BCUT2D eigenvalue weighted by Gasteiger charge is 2.03. The number of hydrogen-bond acceptors (Lipinski definition) is 2. The summed E-state index contributed by atoms with van der Waals surface area (Å²) in [6, 6.07) is 5.85. The number of benzene rings is 1. The van der Waals surface area contributed by atoms with Crippen molar-refractivity contribution in [2.75, 3.05) is 12.3 Å². The predicted molar refractivity (Wildman–Crippen MR) is 65.2 cm³/mol. The Morgan fingerprint density at radius 3 is 2.67 bits per heavy atom. The van der Waals surface area contributed by atoms with Crippen LogP contribution in [0.25, 0.3) is 0 Å². The summed E-state index contributed by atoms with van der Waals surface area (Å²) in [5.74, 6) is 1.59. The molecule has 0 aliphatic rings. The molecular weight excluding hydrogens is 186 g/mol. The van der Waals surface area contributed by atoms with E-state index in [2.05, 4.69) is 13.8 Å². The van der Waals surface area contributed by atoms with Gasteiger partial charge >= 0.3 is 0 Å². The van der Waals surface area contributed by atoms with Crippen LogP contribution in [-0.2, 0) is 0 Å². The Hall–Kier alpha value is -1.18. The zero-order valence-corrected chi connectivity index (χ0v) is 9.92. The van der Waals surface area contributed by atoms with Crippen LogP contribution in [0.4, 0.5) is 5.69 Å². The first kappa shape index (κ1) is 11.9. The number of ether oxygens (including phenoxy) is 1. The summed E-state index contributed by atoms with van der Waals surface area (Å²) >= 11 is 0. The molecule has 1 aromatic rings. The lowest BCUT2D eigenvalue weighted by Crippen LogP contribution is -2.03. The van der Waals surface area contributed by atoms with Crippen LogP contribution in [0.1, 0.15) is 32.3 Å². The molecule has 0 spiro atoms. The average molecular weight is 207 g/mol. The van der Waals surface area contributed by atoms with Crippen molar-refractivity contribution in [3.8, 4) is 5.75 Å². The van der Waals surface area contributed by atoms with Crippen molar-refractivity contribution < 1.29 is 4.74 Å². The van der Waals surface area contributed by atoms with Gasteiger partial charge in [0.25, 0.3) is 0 Å². The number of para-hydroxylation sites is 1. The van der Waals surface area contributed by atoms with Crippen molar-refractivity contribution in [2.24, 2.45) is 5.92 Å². The van der Waals surface area contributed by atoms with Crippen LogP contribution in [0.5, 0.6) is 5.75 Å². The quantitative estimate of drug-likeness (QED) is 0.593.